The van der Waals surface area contributed by atoms with Crippen LogP contribution < -0.4 is 5.32 Å². The molecule has 2 aromatic rings. The van der Waals surface area contributed by atoms with Gasteiger partial charge in [0.15, 0.2) is 0 Å². The second-order valence-electron chi connectivity index (χ2n) is 8.07. The van der Waals surface area contributed by atoms with Gasteiger partial charge in [0, 0.05) is 31.6 Å². The standard InChI is InChI=1S/C23H28N2O3/c1-15-12-25(13-16(2)28-15)14-17-7-9-18(10-8-17)23(27)24-22-20-6-4-3-5-19(20)11-21(22)26/h3-10,15-16,21-22,26H,11-14H2,1-2H3,(H,24,27). The number of hydrogen-bond donors (Lipinski definition) is 2. The molecule has 0 aromatic heterocycles. The van der Waals surface area contributed by atoms with Gasteiger partial charge in [-0.2, -0.15) is 0 Å². The van der Waals surface area contributed by atoms with Gasteiger partial charge in [-0.15, -0.1) is 0 Å². The summed E-state index contributed by atoms with van der Waals surface area (Å²) >= 11 is 0. The molecule has 4 unspecified atom stereocenters. The number of carbonyl (C=O) groups excluding carboxylic acids is 1. The Balaban J connectivity index is 1.39. The van der Waals surface area contributed by atoms with Gasteiger partial charge >= 0.3 is 0 Å². The molecule has 28 heavy (non-hydrogen) atoms. The molecule has 4 atom stereocenters. The topological polar surface area (TPSA) is 61.8 Å². The number of ether oxygens (including phenoxy) is 1. The number of hydrogen-bond acceptors (Lipinski definition) is 4. The highest BCUT2D eigenvalue weighted by Crippen LogP contribution is 2.31. The number of aliphatic hydroxyl groups excluding tert-OH is 1. The SMILES string of the molecule is CC1CN(Cc2ccc(C(=O)NC3c4ccccc4CC3O)cc2)CC(C)O1. The number of fused-ring (bicyclic) bond motifs is 1. The molecule has 1 fully saturated rings. The molecule has 5 nitrogen and oxygen atoms in total. The molecule has 1 aliphatic carbocycles. The van der Waals surface area contributed by atoms with Gasteiger partial charge in [-0.25, -0.2) is 0 Å². The Kier molecular flexibility index (Phi) is 5.49. The lowest BCUT2D eigenvalue weighted by Gasteiger charge is -2.35. The first-order chi connectivity index (χ1) is 13.5. The predicted octanol–water partition coefficient (Wildman–Crippen LogP) is 2.68. The van der Waals surface area contributed by atoms with E-state index >= 15 is 0 Å². The van der Waals surface area contributed by atoms with E-state index < -0.39 is 6.10 Å². The second kappa shape index (κ2) is 8.03. The Labute approximate surface area is 166 Å². The van der Waals surface area contributed by atoms with Crippen LogP contribution in [0.5, 0.6) is 0 Å². The first-order valence-corrected chi connectivity index (χ1v) is 10.0. The van der Waals surface area contributed by atoms with E-state index in [1.54, 1.807) is 0 Å². The zero-order chi connectivity index (χ0) is 19.7. The van der Waals surface area contributed by atoms with Crippen molar-refractivity contribution < 1.29 is 14.6 Å². The van der Waals surface area contributed by atoms with Crippen LogP contribution in [-0.2, 0) is 17.7 Å². The summed E-state index contributed by atoms with van der Waals surface area (Å²) < 4.78 is 5.79. The van der Waals surface area contributed by atoms with Crippen molar-refractivity contribution in [3.05, 3.63) is 70.8 Å². The van der Waals surface area contributed by atoms with Crippen LogP contribution in [0.1, 0.15) is 46.9 Å². The van der Waals surface area contributed by atoms with Crippen LogP contribution in [0.2, 0.25) is 0 Å². The summed E-state index contributed by atoms with van der Waals surface area (Å²) in [6.45, 7) is 6.91. The fourth-order valence-corrected chi connectivity index (χ4v) is 4.41. The molecule has 0 spiro atoms. The fraction of sp³-hybridized carbons (Fsp3) is 0.435. The van der Waals surface area contributed by atoms with Gasteiger partial charge in [-0.05, 0) is 42.7 Å². The van der Waals surface area contributed by atoms with E-state index in [9.17, 15) is 9.90 Å². The lowest BCUT2D eigenvalue weighted by molar-refractivity contribution is -0.0704. The van der Waals surface area contributed by atoms with Gasteiger partial charge in [0.05, 0.1) is 24.4 Å². The Morgan fingerprint density at radius 3 is 2.50 bits per heavy atom. The summed E-state index contributed by atoms with van der Waals surface area (Å²) in [4.78, 5) is 15.1. The van der Waals surface area contributed by atoms with Crippen LogP contribution >= 0.6 is 0 Å². The maximum absolute atomic E-state index is 12.7. The molecule has 1 heterocycles. The molecule has 0 saturated carbocycles. The van der Waals surface area contributed by atoms with Gasteiger partial charge in [0.25, 0.3) is 5.91 Å². The third-order valence-corrected chi connectivity index (χ3v) is 5.61. The summed E-state index contributed by atoms with van der Waals surface area (Å²) in [5, 5.41) is 13.3. The minimum Gasteiger partial charge on any atom is -0.390 e. The van der Waals surface area contributed by atoms with Crippen LogP contribution in [0.3, 0.4) is 0 Å². The van der Waals surface area contributed by atoms with Crippen LogP contribution in [-0.4, -0.2) is 47.3 Å². The zero-order valence-electron chi connectivity index (χ0n) is 16.5. The number of carbonyl (C=O) groups is 1. The third kappa shape index (κ3) is 4.12. The van der Waals surface area contributed by atoms with E-state index in [4.69, 9.17) is 4.74 Å². The lowest BCUT2D eigenvalue weighted by Crippen LogP contribution is -2.44. The Morgan fingerprint density at radius 1 is 1.11 bits per heavy atom. The quantitative estimate of drug-likeness (QED) is 0.856. The summed E-state index contributed by atoms with van der Waals surface area (Å²) in [5.41, 5.74) is 3.91. The zero-order valence-corrected chi connectivity index (χ0v) is 16.5. The first-order valence-electron chi connectivity index (χ1n) is 10.0. The molecule has 1 saturated heterocycles. The first kappa shape index (κ1) is 19.1. The minimum atomic E-state index is -0.578. The molecule has 2 aromatic carbocycles. The number of amides is 1. The number of morpholine rings is 1. The second-order valence-corrected chi connectivity index (χ2v) is 8.07. The van der Waals surface area contributed by atoms with Gasteiger partial charge in [0.1, 0.15) is 0 Å². The van der Waals surface area contributed by atoms with Crippen LogP contribution in [0.4, 0.5) is 0 Å². The number of rotatable bonds is 4. The van der Waals surface area contributed by atoms with Crippen molar-refractivity contribution in [2.75, 3.05) is 13.1 Å². The maximum atomic E-state index is 12.7. The molecule has 2 aliphatic rings. The van der Waals surface area contributed by atoms with Crippen molar-refractivity contribution in [2.24, 2.45) is 0 Å². The summed E-state index contributed by atoms with van der Waals surface area (Å²) in [7, 11) is 0. The smallest absolute Gasteiger partial charge is 0.251 e. The average molecular weight is 380 g/mol. The van der Waals surface area contributed by atoms with Crippen LogP contribution in [0.15, 0.2) is 48.5 Å². The average Bonchev–Trinajstić information content (AvgIpc) is 2.97. The van der Waals surface area contributed by atoms with Gasteiger partial charge in [-0.1, -0.05) is 36.4 Å². The van der Waals surface area contributed by atoms with Crippen LogP contribution in [0.25, 0.3) is 0 Å². The molecule has 5 heteroatoms. The van der Waals surface area contributed by atoms with Crippen molar-refractivity contribution in [2.45, 2.75) is 51.2 Å². The molecule has 148 valence electrons. The number of nitrogens with one attached hydrogen (secondary N) is 1. The molecular weight excluding hydrogens is 352 g/mol. The summed E-state index contributed by atoms with van der Waals surface area (Å²) in [6, 6.07) is 15.3. The molecule has 0 bridgehead atoms. The van der Waals surface area contributed by atoms with Gasteiger partial charge < -0.3 is 15.2 Å². The molecule has 2 N–H and O–H groups in total. The fourth-order valence-electron chi connectivity index (χ4n) is 4.41. The Morgan fingerprint density at radius 2 is 1.79 bits per heavy atom. The van der Waals surface area contributed by atoms with Crippen molar-refractivity contribution >= 4 is 5.91 Å². The van der Waals surface area contributed by atoms with Crippen molar-refractivity contribution in [1.82, 2.24) is 10.2 Å². The minimum absolute atomic E-state index is 0.152. The number of benzene rings is 2. The van der Waals surface area contributed by atoms with E-state index in [-0.39, 0.29) is 24.2 Å². The Hall–Kier alpha value is -2.21. The molecule has 4 rings (SSSR count). The van der Waals surface area contributed by atoms with E-state index in [0.717, 1.165) is 30.8 Å². The molecule has 1 amide bonds. The molecular formula is C23H28N2O3. The van der Waals surface area contributed by atoms with Crippen LogP contribution in [0, 0.1) is 0 Å². The van der Waals surface area contributed by atoms with E-state index in [2.05, 4.69) is 24.1 Å². The van der Waals surface area contributed by atoms with E-state index in [1.807, 2.05) is 48.5 Å². The summed E-state index contributed by atoms with van der Waals surface area (Å²) in [6.07, 6.45) is 0.492. The highest BCUT2D eigenvalue weighted by Gasteiger charge is 2.32. The summed E-state index contributed by atoms with van der Waals surface area (Å²) in [5.74, 6) is -0.152. The van der Waals surface area contributed by atoms with Crippen molar-refractivity contribution in [3.63, 3.8) is 0 Å². The third-order valence-electron chi connectivity index (χ3n) is 5.61. The van der Waals surface area contributed by atoms with E-state index in [1.165, 1.54) is 5.56 Å². The highest BCUT2D eigenvalue weighted by molar-refractivity contribution is 5.94. The Bertz CT molecular complexity index is 826. The maximum Gasteiger partial charge on any atom is 0.251 e. The monoisotopic (exact) mass is 380 g/mol. The lowest BCUT2D eigenvalue weighted by atomic mass is 10.1. The van der Waals surface area contributed by atoms with Crippen molar-refractivity contribution in [1.29, 1.82) is 0 Å². The van der Waals surface area contributed by atoms with E-state index in [0.29, 0.717) is 12.0 Å². The van der Waals surface area contributed by atoms with Crippen molar-refractivity contribution in [3.8, 4) is 0 Å². The largest absolute Gasteiger partial charge is 0.390 e. The molecule has 1 aliphatic heterocycles. The number of nitrogens with zero attached hydrogens (tertiary/aromatic N) is 1. The van der Waals surface area contributed by atoms with Gasteiger partial charge in [0.2, 0.25) is 0 Å². The highest BCUT2D eigenvalue weighted by atomic mass is 16.5. The van der Waals surface area contributed by atoms with Gasteiger partial charge in [-0.3, -0.25) is 9.69 Å². The predicted molar refractivity (Wildman–Crippen MR) is 108 cm³/mol. The molecule has 0 radical (unpaired) electrons. The number of aliphatic hydroxyl groups is 1. The normalized spacial score (nSPS) is 27.4.